The zero-order chi connectivity index (χ0) is 10.4. The zero-order valence-corrected chi connectivity index (χ0v) is 9.64. The van der Waals surface area contributed by atoms with Crippen molar-refractivity contribution in [3.05, 3.63) is 0 Å². The van der Waals surface area contributed by atoms with Crippen LogP contribution in [0.1, 0.15) is 39.5 Å². The second kappa shape index (κ2) is 5.69. The molecule has 1 unspecified atom stereocenters. The second-order valence-electron chi connectivity index (χ2n) is 4.92. The molecule has 3 nitrogen and oxygen atoms in total. The summed E-state index contributed by atoms with van der Waals surface area (Å²) in [7, 11) is 1.69. The van der Waals surface area contributed by atoms with E-state index in [1.165, 1.54) is 25.7 Å². The van der Waals surface area contributed by atoms with Gasteiger partial charge in [-0.1, -0.05) is 20.3 Å². The van der Waals surface area contributed by atoms with E-state index in [1.807, 2.05) is 0 Å². The van der Waals surface area contributed by atoms with Gasteiger partial charge in [-0.15, -0.1) is 0 Å². The third kappa shape index (κ3) is 4.40. The predicted molar refractivity (Wildman–Crippen MR) is 57.0 cm³/mol. The fourth-order valence-corrected chi connectivity index (χ4v) is 2.10. The Labute approximate surface area is 87.1 Å². The van der Waals surface area contributed by atoms with E-state index in [0.29, 0.717) is 24.7 Å². The lowest BCUT2D eigenvalue weighted by atomic mass is 9.75. The van der Waals surface area contributed by atoms with E-state index < -0.39 is 0 Å². The highest BCUT2D eigenvalue weighted by Crippen LogP contribution is 2.34. The Bertz CT molecular complexity index is 159. The lowest BCUT2D eigenvalue weighted by Crippen LogP contribution is -2.37. The van der Waals surface area contributed by atoms with E-state index in [2.05, 4.69) is 19.3 Å². The molecule has 1 rings (SSSR count). The molecular weight excluding hydrogens is 178 g/mol. The second-order valence-corrected chi connectivity index (χ2v) is 4.92. The van der Waals surface area contributed by atoms with Crippen LogP contribution in [0.4, 0.5) is 0 Å². The van der Waals surface area contributed by atoms with Crippen LogP contribution in [-0.4, -0.2) is 26.4 Å². The molecule has 0 aromatic carbocycles. The van der Waals surface area contributed by atoms with Crippen LogP contribution < -0.4 is 5.48 Å². The van der Waals surface area contributed by atoms with Gasteiger partial charge in [0.25, 0.3) is 0 Å². The first-order chi connectivity index (χ1) is 6.64. The van der Waals surface area contributed by atoms with Crippen molar-refractivity contribution in [3.63, 3.8) is 0 Å². The van der Waals surface area contributed by atoms with Crippen molar-refractivity contribution < 1.29 is 9.57 Å². The molecule has 1 atom stereocenters. The Morgan fingerprint density at radius 1 is 1.36 bits per heavy atom. The third-order valence-corrected chi connectivity index (χ3v) is 2.84. The molecule has 84 valence electrons. The molecule has 0 aromatic rings. The summed E-state index contributed by atoms with van der Waals surface area (Å²) in [6, 6.07) is 0.524. The first-order valence-electron chi connectivity index (χ1n) is 5.50. The molecule has 0 radical (unpaired) electrons. The number of hydrogen-bond acceptors (Lipinski definition) is 3. The fraction of sp³-hybridized carbons (Fsp3) is 1.00. The number of rotatable bonds is 5. The molecule has 1 saturated carbocycles. The molecule has 1 aliphatic carbocycles. The number of hydroxylamine groups is 1. The van der Waals surface area contributed by atoms with Crippen molar-refractivity contribution in [1.29, 1.82) is 0 Å². The van der Waals surface area contributed by atoms with Crippen LogP contribution in [0.2, 0.25) is 0 Å². The summed E-state index contributed by atoms with van der Waals surface area (Å²) in [6.45, 7) is 5.95. The van der Waals surface area contributed by atoms with Gasteiger partial charge in [0.05, 0.1) is 13.2 Å². The SMILES string of the molecule is COCCONC1CCCC(C)(C)C1. The minimum Gasteiger partial charge on any atom is -0.382 e. The average Bonchev–Trinajstić information content (AvgIpc) is 2.11. The van der Waals surface area contributed by atoms with Crippen molar-refractivity contribution in [2.75, 3.05) is 20.3 Å². The van der Waals surface area contributed by atoms with Crippen LogP contribution in [0, 0.1) is 5.41 Å². The third-order valence-electron chi connectivity index (χ3n) is 2.84. The smallest absolute Gasteiger partial charge is 0.0915 e. The molecule has 1 fully saturated rings. The Kier molecular flexibility index (Phi) is 4.85. The van der Waals surface area contributed by atoms with Gasteiger partial charge in [0.15, 0.2) is 0 Å². The molecule has 0 amide bonds. The molecule has 0 saturated heterocycles. The summed E-state index contributed by atoms with van der Waals surface area (Å²) in [5.74, 6) is 0. The number of ether oxygens (including phenoxy) is 1. The molecule has 1 N–H and O–H groups in total. The standard InChI is InChI=1S/C11H23NO2/c1-11(2)6-4-5-10(9-11)12-14-8-7-13-3/h10,12H,4-9H2,1-3H3. The number of nitrogens with one attached hydrogen (secondary N) is 1. The normalized spacial score (nSPS) is 26.4. The molecule has 14 heavy (non-hydrogen) atoms. The summed E-state index contributed by atoms with van der Waals surface area (Å²) in [6.07, 6.45) is 5.08. The summed E-state index contributed by atoms with van der Waals surface area (Å²) in [5, 5.41) is 0. The van der Waals surface area contributed by atoms with Crippen LogP contribution in [0.5, 0.6) is 0 Å². The van der Waals surface area contributed by atoms with E-state index in [-0.39, 0.29) is 0 Å². The van der Waals surface area contributed by atoms with Crippen LogP contribution in [0.25, 0.3) is 0 Å². The highest BCUT2D eigenvalue weighted by Gasteiger charge is 2.27. The highest BCUT2D eigenvalue weighted by molar-refractivity contribution is 4.81. The van der Waals surface area contributed by atoms with Crippen LogP contribution in [0.15, 0.2) is 0 Å². The van der Waals surface area contributed by atoms with Gasteiger partial charge in [-0.3, -0.25) is 4.84 Å². The Balaban J connectivity index is 2.12. The maximum absolute atomic E-state index is 5.33. The molecule has 0 heterocycles. The van der Waals surface area contributed by atoms with Gasteiger partial charge in [0, 0.05) is 13.2 Å². The van der Waals surface area contributed by atoms with Gasteiger partial charge >= 0.3 is 0 Å². The summed E-state index contributed by atoms with van der Waals surface area (Å²) in [4.78, 5) is 5.33. The van der Waals surface area contributed by atoms with Crippen molar-refractivity contribution in [3.8, 4) is 0 Å². The monoisotopic (exact) mass is 201 g/mol. The topological polar surface area (TPSA) is 30.5 Å². The Morgan fingerprint density at radius 3 is 2.79 bits per heavy atom. The van der Waals surface area contributed by atoms with E-state index in [0.717, 1.165) is 0 Å². The number of methoxy groups -OCH3 is 1. The molecule has 1 aliphatic rings. The highest BCUT2D eigenvalue weighted by atomic mass is 16.7. The maximum Gasteiger partial charge on any atom is 0.0915 e. The molecular formula is C11H23NO2. The quantitative estimate of drug-likeness (QED) is 0.546. The van der Waals surface area contributed by atoms with Gasteiger partial charge in [0.1, 0.15) is 0 Å². The van der Waals surface area contributed by atoms with E-state index in [1.54, 1.807) is 7.11 Å². The Morgan fingerprint density at radius 2 is 2.14 bits per heavy atom. The Hall–Kier alpha value is -0.120. The summed E-state index contributed by atoms with van der Waals surface area (Å²) < 4.78 is 4.91. The molecule has 0 aliphatic heterocycles. The molecule has 3 heteroatoms. The minimum atomic E-state index is 0.473. The van der Waals surface area contributed by atoms with Gasteiger partial charge in [-0.05, 0) is 24.7 Å². The zero-order valence-electron chi connectivity index (χ0n) is 9.64. The van der Waals surface area contributed by atoms with Crippen molar-refractivity contribution in [1.82, 2.24) is 5.48 Å². The molecule has 0 spiro atoms. The molecule has 0 bridgehead atoms. The fourth-order valence-electron chi connectivity index (χ4n) is 2.10. The lowest BCUT2D eigenvalue weighted by Gasteiger charge is -2.35. The first-order valence-corrected chi connectivity index (χ1v) is 5.50. The van der Waals surface area contributed by atoms with E-state index in [4.69, 9.17) is 9.57 Å². The van der Waals surface area contributed by atoms with Crippen LogP contribution >= 0.6 is 0 Å². The first kappa shape index (κ1) is 12.0. The maximum atomic E-state index is 5.33. The summed E-state index contributed by atoms with van der Waals surface area (Å²) >= 11 is 0. The van der Waals surface area contributed by atoms with Gasteiger partial charge in [-0.25, -0.2) is 0 Å². The lowest BCUT2D eigenvalue weighted by molar-refractivity contribution is -0.0281. The van der Waals surface area contributed by atoms with Crippen LogP contribution in [-0.2, 0) is 9.57 Å². The predicted octanol–water partition coefficient (Wildman–Crippen LogP) is 2.12. The number of hydrogen-bond donors (Lipinski definition) is 1. The largest absolute Gasteiger partial charge is 0.382 e. The van der Waals surface area contributed by atoms with Gasteiger partial charge in [0.2, 0.25) is 0 Å². The average molecular weight is 201 g/mol. The van der Waals surface area contributed by atoms with E-state index >= 15 is 0 Å². The van der Waals surface area contributed by atoms with Crippen molar-refractivity contribution in [2.24, 2.45) is 5.41 Å². The van der Waals surface area contributed by atoms with E-state index in [9.17, 15) is 0 Å². The van der Waals surface area contributed by atoms with Gasteiger partial charge < -0.3 is 4.74 Å². The molecule has 0 aromatic heterocycles. The van der Waals surface area contributed by atoms with Crippen molar-refractivity contribution in [2.45, 2.75) is 45.6 Å². The minimum absolute atomic E-state index is 0.473. The van der Waals surface area contributed by atoms with Crippen LogP contribution in [0.3, 0.4) is 0 Å². The van der Waals surface area contributed by atoms with Gasteiger partial charge in [-0.2, -0.15) is 5.48 Å². The van der Waals surface area contributed by atoms with Crippen molar-refractivity contribution >= 4 is 0 Å². The summed E-state index contributed by atoms with van der Waals surface area (Å²) in [5.41, 5.74) is 3.60.